The van der Waals surface area contributed by atoms with E-state index in [1.165, 1.54) is 0 Å². The molecule has 0 aliphatic carbocycles. The van der Waals surface area contributed by atoms with Crippen LogP contribution in [0.25, 0.3) is 0 Å². The molecule has 1 amide bonds. The Morgan fingerprint density at radius 1 is 0.885 bits per heavy atom. The predicted octanol–water partition coefficient (Wildman–Crippen LogP) is 3.43. The summed E-state index contributed by atoms with van der Waals surface area (Å²) in [5, 5.41) is 2.89. The second-order valence-electron chi connectivity index (χ2n) is 5.39. The maximum Gasteiger partial charge on any atom is 0.251 e. The molecule has 0 spiro atoms. The monoisotopic (exact) mass is 359 g/mol. The molecule has 0 heterocycles. The molecule has 0 aliphatic heterocycles. The number of carbonyl (C=O) groups excluding carboxylic acids is 1. The lowest BCUT2D eigenvalue weighted by Crippen LogP contribution is -2.23. The molecule has 2 aromatic carbocycles. The molecular weight excluding hydrogens is 334 g/mol. The summed E-state index contributed by atoms with van der Waals surface area (Å²) in [6.45, 7) is 5.15. The Bertz CT molecular complexity index is 745. The Kier molecular flexibility index (Phi) is 7.14. The van der Waals surface area contributed by atoms with Crippen LogP contribution in [0.4, 0.5) is 0 Å². The fraction of sp³-hybridized carbons (Fsp3) is 0.350. The van der Waals surface area contributed by atoms with E-state index in [1.54, 1.807) is 38.5 Å². The lowest BCUT2D eigenvalue weighted by atomic mass is 10.1. The molecule has 0 aliphatic rings. The van der Waals surface area contributed by atoms with E-state index in [0.29, 0.717) is 48.3 Å². The maximum atomic E-state index is 12.5. The topological polar surface area (TPSA) is 66.0 Å². The summed E-state index contributed by atoms with van der Waals surface area (Å²) in [6.07, 6.45) is 0. The van der Waals surface area contributed by atoms with Crippen molar-refractivity contribution in [1.29, 1.82) is 0 Å². The Morgan fingerprint density at radius 3 is 2.27 bits per heavy atom. The van der Waals surface area contributed by atoms with Crippen molar-refractivity contribution in [3.8, 4) is 23.0 Å². The number of benzene rings is 2. The summed E-state index contributed by atoms with van der Waals surface area (Å²) >= 11 is 0. The van der Waals surface area contributed by atoms with Crippen molar-refractivity contribution in [1.82, 2.24) is 5.32 Å². The van der Waals surface area contributed by atoms with Crippen molar-refractivity contribution >= 4 is 5.91 Å². The van der Waals surface area contributed by atoms with Crippen molar-refractivity contribution in [3.05, 3.63) is 47.5 Å². The number of methoxy groups -OCH3 is 2. The highest BCUT2D eigenvalue weighted by atomic mass is 16.5. The number of hydrogen-bond acceptors (Lipinski definition) is 5. The lowest BCUT2D eigenvalue weighted by Gasteiger charge is -2.13. The fourth-order valence-electron chi connectivity index (χ4n) is 2.47. The quantitative estimate of drug-likeness (QED) is 0.743. The Hall–Kier alpha value is -2.89. The van der Waals surface area contributed by atoms with Crippen LogP contribution in [0.3, 0.4) is 0 Å². The summed E-state index contributed by atoms with van der Waals surface area (Å²) in [4.78, 5) is 12.5. The van der Waals surface area contributed by atoms with Gasteiger partial charge in [0.05, 0.1) is 27.4 Å². The second kappa shape index (κ2) is 9.56. The van der Waals surface area contributed by atoms with Gasteiger partial charge in [-0.25, -0.2) is 0 Å². The van der Waals surface area contributed by atoms with E-state index < -0.39 is 0 Å². The first-order chi connectivity index (χ1) is 12.6. The largest absolute Gasteiger partial charge is 0.497 e. The molecule has 2 aromatic rings. The highest BCUT2D eigenvalue weighted by Gasteiger charge is 2.13. The van der Waals surface area contributed by atoms with Crippen LogP contribution in [0, 0.1) is 0 Å². The number of carbonyl (C=O) groups is 1. The highest BCUT2D eigenvalue weighted by molar-refractivity contribution is 5.94. The zero-order valence-corrected chi connectivity index (χ0v) is 15.6. The molecule has 0 aromatic heterocycles. The number of nitrogens with one attached hydrogen (secondary N) is 1. The molecule has 0 atom stereocenters. The second-order valence-corrected chi connectivity index (χ2v) is 5.39. The number of hydrogen-bond donors (Lipinski definition) is 1. The van der Waals surface area contributed by atoms with E-state index in [-0.39, 0.29) is 5.91 Å². The predicted molar refractivity (Wildman–Crippen MR) is 99.5 cm³/mol. The zero-order valence-electron chi connectivity index (χ0n) is 15.6. The normalized spacial score (nSPS) is 10.2. The smallest absolute Gasteiger partial charge is 0.251 e. The minimum absolute atomic E-state index is 0.202. The average molecular weight is 359 g/mol. The molecule has 0 saturated carbocycles. The van der Waals surface area contributed by atoms with Gasteiger partial charge in [-0.2, -0.15) is 0 Å². The van der Waals surface area contributed by atoms with Gasteiger partial charge in [-0.05, 0) is 44.2 Å². The third-order valence-corrected chi connectivity index (χ3v) is 3.74. The van der Waals surface area contributed by atoms with Crippen LogP contribution >= 0.6 is 0 Å². The minimum atomic E-state index is -0.202. The lowest BCUT2D eigenvalue weighted by molar-refractivity contribution is 0.0950. The SMILES string of the molecule is CCOc1ccc(C(=O)NCc2ccc(OC)cc2OC)cc1OCC. The summed E-state index contributed by atoms with van der Waals surface area (Å²) < 4.78 is 21.6. The van der Waals surface area contributed by atoms with Gasteiger partial charge in [0.25, 0.3) is 5.91 Å². The van der Waals surface area contributed by atoms with Gasteiger partial charge < -0.3 is 24.3 Å². The van der Waals surface area contributed by atoms with Crippen LogP contribution in [0.1, 0.15) is 29.8 Å². The van der Waals surface area contributed by atoms with Gasteiger partial charge in [-0.1, -0.05) is 0 Å². The van der Waals surface area contributed by atoms with Crippen molar-refractivity contribution in [2.24, 2.45) is 0 Å². The van der Waals surface area contributed by atoms with Gasteiger partial charge in [0.1, 0.15) is 11.5 Å². The Balaban J connectivity index is 2.11. The van der Waals surface area contributed by atoms with Gasteiger partial charge in [-0.3, -0.25) is 4.79 Å². The zero-order chi connectivity index (χ0) is 18.9. The molecule has 0 saturated heterocycles. The Labute approximate surface area is 154 Å². The molecule has 0 bridgehead atoms. The van der Waals surface area contributed by atoms with Crippen LogP contribution in [-0.4, -0.2) is 33.3 Å². The molecule has 26 heavy (non-hydrogen) atoms. The first kappa shape index (κ1) is 19.4. The third-order valence-electron chi connectivity index (χ3n) is 3.74. The summed E-state index contributed by atoms with van der Waals surface area (Å²) in [7, 11) is 3.18. The van der Waals surface area contributed by atoms with E-state index in [9.17, 15) is 4.79 Å². The molecule has 6 nitrogen and oxygen atoms in total. The molecule has 0 unspecified atom stereocenters. The van der Waals surface area contributed by atoms with Crippen LogP contribution < -0.4 is 24.3 Å². The van der Waals surface area contributed by atoms with Crippen molar-refractivity contribution in [2.75, 3.05) is 27.4 Å². The van der Waals surface area contributed by atoms with Crippen LogP contribution in [-0.2, 0) is 6.54 Å². The first-order valence-corrected chi connectivity index (χ1v) is 8.51. The first-order valence-electron chi connectivity index (χ1n) is 8.51. The molecule has 140 valence electrons. The van der Waals surface area contributed by atoms with E-state index in [2.05, 4.69) is 5.32 Å². The molecule has 6 heteroatoms. The number of rotatable bonds is 9. The van der Waals surface area contributed by atoms with Gasteiger partial charge in [0.15, 0.2) is 11.5 Å². The van der Waals surface area contributed by atoms with Crippen molar-refractivity contribution in [3.63, 3.8) is 0 Å². The number of amides is 1. The molecule has 2 rings (SSSR count). The maximum absolute atomic E-state index is 12.5. The van der Waals surface area contributed by atoms with Crippen molar-refractivity contribution < 1.29 is 23.7 Å². The van der Waals surface area contributed by atoms with Gasteiger partial charge in [-0.15, -0.1) is 0 Å². The standard InChI is InChI=1S/C20H25NO5/c1-5-25-17-10-8-14(11-19(17)26-6-2)20(22)21-13-15-7-9-16(23-3)12-18(15)24-4/h7-12H,5-6,13H2,1-4H3,(H,21,22). The molecule has 1 N–H and O–H groups in total. The third kappa shape index (κ3) is 4.81. The van der Waals surface area contributed by atoms with Crippen LogP contribution in [0.5, 0.6) is 23.0 Å². The van der Waals surface area contributed by atoms with Gasteiger partial charge in [0.2, 0.25) is 0 Å². The van der Waals surface area contributed by atoms with Crippen LogP contribution in [0.2, 0.25) is 0 Å². The van der Waals surface area contributed by atoms with E-state index in [0.717, 1.165) is 5.56 Å². The van der Waals surface area contributed by atoms with Gasteiger partial charge in [0, 0.05) is 23.7 Å². The summed E-state index contributed by atoms with van der Waals surface area (Å²) in [5.41, 5.74) is 1.36. The van der Waals surface area contributed by atoms with Crippen LogP contribution in [0.15, 0.2) is 36.4 Å². The van der Waals surface area contributed by atoms with Crippen molar-refractivity contribution in [2.45, 2.75) is 20.4 Å². The fourth-order valence-corrected chi connectivity index (χ4v) is 2.47. The molecule has 0 radical (unpaired) electrons. The minimum Gasteiger partial charge on any atom is -0.497 e. The molecular formula is C20H25NO5. The summed E-state index contributed by atoms with van der Waals surface area (Å²) in [5.74, 6) is 2.34. The average Bonchev–Trinajstić information content (AvgIpc) is 2.67. The Morgan fingerprint density at radius 2 is 1.62 bits per heavy atom. The van der Waals surface area contributed by atoms with E-state index in [1.807, 2.05) is 26.0 Å². The number of ether oxygens (including phenoxy) is 4. The molecule has 0 fully saturated rings. The van der Waals surface area contributed by atoms with E-state index in [4.69, 9.17) is 18.9 Å². The highest BCUT2D eigenvalue weighted by Crippen LogP contribution is 2.29. The van der Waals surface area contributed by atoms with Gasteiger partial charge >= 0.3 is 0 Å². The van der Waals surface area contributed by atoms with E-state index >= 15 is 0 Å². The summed E-state index contributed by atoms with van der Waals surface area (Å²) in [6, 6.07) is 10.6.